The Bertz CT molecular complexity index is 600. The summed E-state index contributed by atoms with van der Waals surface area (Å²) in [6.07, 6.45) is 0. The summed E-state index contributed by atoms with van der Waals surface area (Å²) in [5.41, 5.74) is 11.9. The SMILES string of the molecule is Cc1cc(C)cc(N(C)c2ccc([C@H](C)N)cc2Br)c1. The predicted molar refractivity (Wildman–Crippen MR) is 90.7 cm³/mol. The Balaban J connectivity index is 2.40. The Morgan fingerprint density at radius 2 is 1.65 bits per heavy atom. The van der Waals surface area contributed by atoms with Gasteiger partial charge >= 0.3 is 0 Å². The van der Waals surface area contributed by atoms with Crippen molar-refractivity contribution in [3.63, 3.8) is 0 Å². The lowest BCUT2D eigenvalue weighted by molar-refractivity contribution is 0.817. The second-order valence-corrected chi connectivity index (χ2v) is 6.26. The monoisotopic (exact) mass is 332 g/mol. The minimum atomic E-state index is 0.0480. The van der Waals surface area contributed by atoms with E-state index < -0.39 is 0 Å². The Hall–Kier alpha value is -1.32. The summed E-state index contributed by atoms with van der Waals surface area (Å²) in [7, 11) is 2.08. The van der Waals surface area contributed by atoms with E-state index in [9.17, 15) is 0 Å². The highest BCUT2D eigenvalue weighted by Gasteiger charge is 2.10. The molecule has 1 atom stereocenters. The number of hydrogen-bond donors (Lipinski definition) is 1. The van der Waals surface area contributed by atoms with Crippen LogP contribution in [-0.4, -0.2) is 7.05 Å². The van der Waals surface area contributed by atoms with Crippen LogP contribution in [0.15, 0.2) is 40.9 Å². The third kappa shape index (κ3) is 3.22. The fourth-order valence-electron chi connectivity index (χ4n) is 2.36. The lowest BCUT2D eigenvalue weighted by atomic mass is 10.1. The maximum Gasteiger partial charge on any atom is 0.0552 e. The molecule has 0 aliphatic carbocycles. The zero-order valence-corrected chi connectivity index (χ0v) is 14.0. The van der Waals surface area contributed by atoms with E-state index in [1.165, 1.54) is 16.8 Å². The fraction of sp³-hybridized carbons (Fsp3) is 0.294. The Labute approximate surface area is 129 Å². The van der Waals surface area contributed by atoms with Gasteiger partial charge in [-0.3, -0.25) is 0 Å². The lowest BCUT2D eigenvalue weighted by Crippen LogP contribution is -2.11. The van der Waals surface area contributed by atoms with Crippen LogP contribution in [0, 0.1) is 13.8 Å². The molecule has 0 saturated carbocycles. The van der Waals surface area contributed by atoms with Crippen molar-refractivity contribution in [3.05, 3.63) is 57.6 Å². The van der Waals surface area contributed by atoms with Crippen LogP contribution in [0.25, 0.3) is 0 Å². The molecule has 0 amide bonds. The third-order valence-electron chi connectivity index (χ3n) is 3.45. The van der Waals surface area contributed by atoms with Crippen LogP contribution in [0.3, 0.4) is 0 Å². The molecule has 2 aromatic rings. The molecule has 0 fully saturated rings. The summed E-state index contributed by atoms with van der Waals surface area (Å²) in [5.74, 6) is 0. The number of nitrogens with two attached hydrogens (primary N) is 1. The summed E-state index contributed by atoms with van der Waals surface area (Å²) >= 11 is 3.65. The van der Waals surface area contributed by atoms with E-state index in [-0.39, 0.29) is 6.04 Å². The molecule has 0 bridgehead atoms. The highest BCUT2D eigenvalue weighted by atomic mass is 79.9. The van der Waals surface area contributed by atoms with Crippen molar-refractivity contribution in [1.82, 2.24) is 0 Å². The van der Waals surface area contributed by atoms with Crippen LogP contribution in [0.1, 0.15) is 29.7 Å². The van der Waals surface area contributed by atoms with Crippen molar-refractivity contribution in [2.75, 3.05) is 11.9 Å². The number of aryl methyl sites for hydroxylation is 2. The van der Waals surface area contributed by atoms with Crippen molar-refractivity contribution in [2.24, 2.45) is 5.73 Å². The van der Waals surface area contributed by atoms with Gasteiger partial charge in [-0.2, -0.15) is 0 Å². The van der Waals surface area contributed by atoms with E-state index in [0.717, 1.165) is 15.7 Å². The third-order valence-corrected chi connectivity index (χ3v) is 4.09. The smallest absolute Gasteiger partial charge is 0.0552 e. The Morgan fingerprint density at radius 1 is 1.05 bits per heavy atom. The first kappa shape index (κ1) is 15.1. The van der Waals surface area contributed by atoms with Gasteiger partial charge in [-0.15, -0.1) is 0 Å². The fourth-order valence-corrected chi connectivity index (χ4v) is 3.02. The minimum absolute atomic E-state index is 0.0480. The number of benzene rings is 2. The van der Waals surface area contributed by atoms with E-state index in [1.54, 1.807) is 0 Å². The van der Waals surface area contributed by atoms with Gasteiger partial charge in [0.15, 0.2) is 0 Å². The van der Waals surface area contributed by atoms with Gasteiger partial charge in [0.05, 0.1) is 5.69 Å². The molecule has 3 heteroatoms. The van der Waals surface area contributed by atoms with E-state index in [1.807, 2.05) is 6.92 Å². The zero-order valence-electron chi connectivity index (χ0n) is 12.4. The van der Waals surface area contributed by atoms with Crippen molar-refractivity contribution < 1.29 is 0 Å². The van der Waals surface area contributed by atoms with E-state index >= 15 is 0 Å². The molecule has 106 valence electrons. The topological polar surface area (TPSA) is 29.3 Å². The van der Waals surface area contributed by atoms with Crippen LogP contribution in [0.4, 0.5) is 11.4 Å². The minimum Gasteiger partial charge on any atom is -0.344 e. The summed E-state index contributed by atoms with van der Waals surface area (Å²) in [4.78, 5) is 2.19. The maximum atomic E-state index is 5.93. The van der Waals surface area contributed by atoms with Gasteiger partial charge in [-0.05, 0) is 77.7 Å². The molecule has 2 nitrogen and oxygen atoms in total. The standard InChI is InChI=1S/C17H21BrN2/c1-11-7-12(2)9-15(8-11)20(4)17-6-5-14(13(3)19)10-16(17)18/h5-10,13H,19H2,1-4H3/t13-/m0/s1. The second kappa shape index (κ2) is 5.98. The van der Waals surface area contributed by atoms with Gasteiger partial charge in [0, 0.05) is 23.2 Å². The summed E-state index contributed by atoms with van der Waals surface area (Å²) < 4.78 is 1.06. The molecule has 2 rings (SSSR count). The van der Waals surface area contributed by atoms with Crippen molar-refractivity contribution in [1.29, 1.82) is 0 Å². The van der Waals surface area contributed by atoms with Gasteiger partial charge in [-0.1, -0.05) is 12.1 Å². The molecular formula is C17H21BrN2. The summed E-state index contributed by atoms with van der Waals surface area (Å²) in [6, 6.07) is 12.9. The molecule has 0 aliphatic rings. The highest BCUT2D eigenvalue weighted by molar-refractivity contribution is 9.10. The first-order valence-electron chi connectivity index (χ1n) is 6.75. The zero-order chi connectivity index (χ0) is 14.9. The van der Waals surface area contributed by atoms with Crippen molar-refractivity contribution in [3.8, 4) is 0 Å². The number of anilines is 2. The van der Waals surface area contributed by atoms with Gasteiger partial charge in [0.2, 0.25) is 0 Å². The average Bonchev–Trinajstić information content (AvgIpc) is 2.36. The first-order chi connectivity index (χ1) is 9.38. The van der Waals surface area contributed by atoms with Crippen LogP contribution in [0.2, 0.25) is 0 Å². The first-order valence-corrected chi connectivity index (χ1v) is 7.55. The largest absolute Gasteiger partial charge is 0.344 e. The van der Waals surface area contributed by atoms with Gasteiger partial charge in [0.25, 0.3) is 0 Å². The number of hydrogen-bond acceptors (Lipinski definition) is 2. The molecule has 0 aromatic heterocycles. The predicted octanol–water partition coefficient (Wildman–Crippen LogP) is 4.85. The van der Waals surface area contributed by atoms with E-state index in [0.29, 0.717) is 0 Å². The average molecular weight is 333 g/mol. The molecule has 0 aliphatic heterocycles. The van der Waals surface area contributed by atoms with Crippen molar-refractivity contribution in [2.45, 2.75) is 26.8 Å². The van der Waals surface area contributed by atoms with Crippen LogP contribution in [-0.2, 0) is 0 Å². The molecule has 0 heterocycles. The number of halogens is 1. The molecule has 2 aromatic carbocycles. The van der Waals surface area contributed by atoms with Crippen LogP contribution < -0.4 is 10.6 Å². The van der Waals surface area contributed by atoms with Crippen molar-refractivity contribution >= 4 is 27.3 Å². The molecule has 0 unspecified atom stereocenters. The molecular weight excluding hydrogens is 312 g/mol. The lowest BCUT2D eigenvalue weighted by Gasteiger charge is -2.23. The number of nitrogens with zero attached hydrogens (tertiary/aromatic N) is 1. The van der Waals surface area contributed by atoms with E-state index in [2.05, 4.69) is 78.1 Å². The maximum absolute atomic E-state index is 5.93. The molecule has 2 N–H and O–H groups in total. The highest BCUT2D eigenvalue weighted by Crippen LogP contribution is 2.33. The normalized spacial score (nSPS) is 12.3. The van der Waals surface area contributed by atoms with Gasteiger partial charge in [-0.25, -0.2) is 0 Å². The summed E-state index contributed by atoms with van der Waals surface area (Å²) in [6.45, 7) is 6.24. The van der Waals surface area contributed by atoms with E-state index in [4.69, 9.17) is 5.73 Å². The second-order valence-electron chi connectivity index (χ2n) is 5.40. The molecule has 0 spiro atoms. The van der Waals surface area contributed by atoms with Crippen LogP contribution in [0.5, 0.6) is 0 Å². The quantitative estimate of drug-likeness (QED) is 0.870. The van der Waals surface area contributed by atoms with Gasteiger partial charge < -0.3 is 10.6 Å². The van der Waals surface area contributed by atoms with Crippen LogP contribution >= 0.6 is 15.9 Å². The molecule has 0 radical (unpaired) electrons. The molecule has 0 saturated heterocycles. The Kier molecular flexibility index (Phi) is 4.51. The summed E-state index contributed by atoms with van der Waals surface area (Å²) in [5, 5.41) is 0. The Morgan fingerprint density at radius 3 is 2.15 bits per heavy atom. The molecule has 20 heavy (non-hydrogen) atoms. The van der Waals surface area contributed by atoms with Gasteiger partial charge in [0.1, 0.15) is 0 Å². The number of rotatable bonds is 3.